The monoisotopic (exact) mass is 301 g/mol. The Labute approximate surface area is 131 Å². The van der Waals surface area contributed by atoms with Crippen LogP contribution in [0.3, 0.4) is 0 Å². The summed E-state index contributed by atoms with van der Waals surface area (Å²) in [6, 6.07) is 9.24. The van der Waals surface area contributed by atoms with Crippen LogP contribution in [0, 0.1) is 0 Å². The number of hydrogen-bond acceptors (Lipinski definition) is 3. The van der Waals surface area contributed by atoms with Crippen LogP contribution < -0.4 is 0 Å². The molecule has 1 saturated heterocycles. The van der Waals surface area contributed by atoms with Crippen molar-refractivity contribution in [1.29, 1.82) is 0 Å². The van der Waals surface area contributed by atoms with E-state index in [4.69, 9.17) is 4.74 Å². The molecule has 0 N–H and O–H groups in total. The van der Waals surface area contributed by atoms with Crippen molar-refractivity contribution in [3.05, 3.63) is 42.0 Å². The fourth-order valence-corrected chi connectivity index (χ4v) is 2.46. The molecule has 1 aliphatic rings. The summed E-state index contributed by atoms with van der Waals surface area (Å²) in [6.07, 6.45) is 4.46. The van der Waals surface area contributed by atoms with E-state index in [1.807, 2.05) is 51.1 Å². The van der Waals surface area contributed by atoms with Crippen LogP contribution >= 0.6 is 0 Å². The van der Waals surface area contributed by atoms with Crippen molar-refractivity contribution in [1.82, 2.24) is 4.90 Å². The van der Waals surface area contributed by atoms with Crippen LogP contribution in [0.15, 0.2) is 36.4 Å². The lowest BCUT2D eigenvalue weighted by Gasteiger charge is -2.27. The highest BCUT2D eigenvalue weighted by atomic mass is 16.6. The zero-order chi connectivity index (χ0) is 16.2. The van der Waals surface area contributed by atoms with E-state index < -0.39 is 17.7 Å². The second kappa shape index (κ2) is 6.77. The molecule has 1 aromatic rings. The normalized spacial score (nSPS) is 18.7. The Bertz CT molecular complexity index is 557. The summed E-state index contributed by atoms with van der Waals surface area (Å²) in [5.41, 5.74) is 0.422. The van der Waals surface area contributed by atoms with Crippen LogP contribution in [-0.2, 0) is 9.53 Å². The highest BCUT2D eigenvalue weighted by molar-refractivity contribution is 5.99. The predicted octanol–water partition coefficient (Wildman–Crippen LogP) is 3.67. The largest absolute Gasteiger partial charge is 0.444 e. The van der Waals surface area contributed by atoms with Gasteiger partial charge in [0.1, 0.15) is 5.60 Å². The maximum atomic E-state index is 12.4. The highest BCUT2D eigenvalue weighted by Crippen LogP contribution is 2.22. The number of carbonyl (C=O) groups is 2. The average molecular weight is 301 g/mol. The van der Waals surface area contributed by atoms with Gasteiger partial charge in [-0.15, -0.1) is 0 Å². The van der Waals surface area contributed by atoms with E-state index in [1.54, 1.807) is 17.1 Å². The lowest BCUT2D eigenvalue weighted by atomic mass is 10.1. The third kappa shape index (κ3) is 4.45. The van der Waals surface area contributed by atoms with Gasteiger partial charge in [0, 0.05) is 6.54 Å². The van der Waals surface area contributed by atoms with Gasteiger partial charge in [-0.2, -0.15) is 0 Å². The van der Waals surface area contributed by atoms with E-state index in [0.717, 1.165) is 12.0 Å². The summed E-state index contributed by atoms with van der Waals surface area (Å²) in [7, 11) is 0. The van der Waals surface area contributed by atoms with Gasteiger partial charge in [0.2, 0.25) is 0 Å². The summed E-state index contributed by atoms with van der Waals surface area (Å²) in [5.74, 6) is -0.0489. The second-order valence-corrected chi connectivity index (χ2v) is 6.48. The highest BCUT2D eigenvalue weighted by Gasteiger charge is 2.35. The molecule has 1 heterocycles. The van der Waals surface area contributed by atoms with Gasteiger partial charge in [-0.25, -0.2) is 4.79 Å². The molecule has 1 atom stereocenters. The maximum absolute atomic E-state index is 12.4. The van der Waals surface area contributed by atoms with Crippen molar-refractivity contribution < 1.29 is 14.3 Å². The van der Waals surface area contributed by atoms with Crippen LogP contribution in [0.1, 0.15) is 39.2 Å². The minimum atomic E-state index is -0.548. The van der Waals surface area contributed by atoms with Crippen LogP contribution in [0.25, 0.3) is 6.08 Å². The molecule has 0 radical (unpaired) electrons. The quantitative estimate of drug-likeness (QED) is 0.800. The summed E-state index contributed by atoms with van der Waals surface area (Å²) in [4.78, 5) is 26.1. The van der Waals surface area contributed by atoms with E-state index in [-0.39, 0.29) is 5.78 Å². The number of rotatable bonds is 3. The molecular formula is C18H23NO3. The molecule has 0 aromatic heterocycles. The smallest absolute Gasteiger partial charge is 0.410 e. The molecule has 22 heavy (non-hydrogen) atoms. The number of ether oxygens (including phenoxy) is 1. The van der Waals surface area contributed by atoms with Gasteiger partial charge in [-0.1, -0.05) is 36.4 Å². The van der Waals surface area contributed by atoms with Gasteiger partial charge >= 0.3 is 6.09 Å². The standard InChI is InChI=1S/C18H23NO3/c1-18(2,3)22-17(21)19-13-7-10-15(19)16(20)12-11-14-8-5-4-6-9-14/h4-6,8-9,11-12,15H,7,10,13H2,1-3H3/t15-/m1/s1. The number of amides is 1. The molecule has 1 amide bonds. The molecule has 0 bridgehead atoms. The first-order valence-electron chi connectivity index (χ1n) is 7.63. The molecule has 2 rings (SSSR count). The lowest BCUT2D eigenvalue weighted by molar-refractivity contribution is -0.118. The molecule has 4 nitrogen and oxygen atoms in total. The molecule has 1 fully saturated rings. The molecule has 118 valence electrons. The third-order valence-electron chi connectivity index (χ3n) is 3.45. The summed E-state index contributed by atoms with van der Waals surface area (Å²) >= 11 is 0. The van der Waals surface area contributed by atoms with Crippen molar-refractivity contribution in [2.75, 3.05) is 6.54 Å². The van der Waals surface area contributed by atoms with Crippen molar-refractivity contribution in [3.63, 3.8) is 0 Å². The van der Waals surface area contributed by atoms with Crippen molar-refractivity contribution >= 4 is 18.0 Å². The number of carbonyl (C=O) groups excluding carboxylic acids is 2. The molecule has 4 heteroatoms. The minimum Gasteiger partial charge on any atom is -0.444 e. The molecular weight excluding hydrogens is 278 g/mol. The first-order valence-corrected chi connectivity index (χ1v) is 7.63. The molecule has 0 aliphatic carbocycles. The zero-order valence-electron chi connectivity index (χ0n) is 13.4. The second-order valence-electron chi connectivity index (χ2n) is 6.48. The first-order chi connectivity index (χ1) is 10.4. The van der Waals surface area contributed by atoms with Gasteiger partial charge in [0.15, 0.2) is 5.78 Å². The summed E-state index contributed by atoms with van der Waals surface area (Å²) in [6.45, 7) is 6.05. The Morgan fingerprint density at radius 1 is 1.23 bits per heavy atom. The van der Waals surface area contributed by atoms with E-state index in [0.29, 0.717) is 13.0 Å². The Balaban J connectivity index is 2.02. The van der Waals surface area contributed by atoms with Crippen LogP contribution in [0.4, 0.5) is 4.79 Å². The molecule has 0 unspecified atom stereocenters. The van der Waals surface area contributed by atoms with E-state index >= 15 is 0 Å². The molecule has 1 aliphatic heterocycles. The van der Waals surface area contributed by atoms with Crippen LogP contribution in [-0.4, -0.2) is 35.0 Å². The van der Waals surface area contributed by atoms with E-state index in [1.165, 1.54) is 0 Å². The van der Waals surface area contributed by atoms with Gasteiger partial charge in [0.05, 0.1) is 6.04 Å². The third-order valence-corrected chi connectivity index (χ3v) is 3.45. The minimum absolute atomic E-state index is 0.0489. The van der Waals surface area contributed by atoms with E-state index in [9.17, 15) is 9.59 Å². The van der Waals surface area contributed by atoms with Crippen LogP contribution in [0.2, 0.25) is 0 Å². The first kappa shape index (κ1) is 16.3. The Kier molecular flexibility index (Phi) is 5.01. The van der Waals surface area contributed by atoms with Gasteiger partial charge in [-0.3, -0.25) is 9.69 Å². The summed E-state index contributed by atoms with van der Waals surface area (Å²) in [5, 5.41) is 0. The number of hydrogen-bond donors (Lipinski definition) is 0. The number of likely N-dealkylation sites (tertiary alicyclic amines) is 1. The SMILES string of the molecule is CC(C)(C)OC(=O)N1CCC[C@@H]1C(=O)C=Cc1ccccc1. The topological polar surface area (TPSA) is 46.6 Å². The Morgan fingerprint density at radius 2 is 1.91 bits per heavy atom. The van der Waals surface area contributed by atoms with Crippen molar-refractivity contribution in [2.45, 2.75) is 45.3 Å². The predicted molar refractivity (Wildman–Crippen MR) is 86.4 cm³/mol. The van der Waals surface area contributed by atoms with Crippen molar-refractivity contribution in [3.8, 4) is 0 Å². The number of nitrogens with zero attached hydrogens (tertiary/aromatic N) is 1. The average Bonchev–Trinajstić information content (AvgIpc) is 2.93. The Hall–Kier alpha value is -2.10. The molecule has 0 saturated carbocycles. The fourth-order valence-electron chi connectivity index (χ4n) is 2.46. The van der Waals surface area contributed by atoms with Crippen LogP contribution in [0.5, 0.6) is 0 Å². The molecule has 1 aromatic carbocycles. The lowest BCUT2D eigenvalue weighted by Crippen LogP contribution is -2.42. The Morgan fingerprint density at radius 3 is 2.55 bits per heavy atom. The number of benzene rings is 1. The van der Waals surface area contributed by atoms with E-state index in [2.05, 4.69) is 0 Å². The molecule has 0 spiro atoms. The maximum Gasteiger partial charge on any atom is 0.410 e. The summed E-state index contributed by atoms with van der Waals surface area (Å²) < 4.78 is 5.38. The van der Waals surface area contributed by atoms with Crippen molar-refractivity contribution in [2.24, 2.45) is 0 Å². The van der Waals surface area contributed by atoms with Gasteiger partial charge in [0.25, 0.3) is 0 Å². The number of ketones is 1. The zero-order valence-corrected chi connectivity index (χ0v) is 13.4. The van der Waals surface area contributed by atoms with Gasteiger partial charge in [-0.05, 0) is 45.3 Å². The fraction of sp³-hybridized carbons (Fsp3) is 0.444. The van der Waals surface area contributed by atoms with Gasteiger partial charge < -0.3 is 4.74 Å².